The second kappa shape index (κ2) is 19.0. The van der Waals surface area contributed by atoms with Gasteiger partial charge in [-0.25, -0.2) is 0 Å². The van der Waals surface area contributed by atoms with Crippen molar-refractivity contribution in [3.05, 3.63) is 90.0 Å². The van der Waals surface area contributed by atoms with Gasteiger partial charge < -0.3 is 34.0 Å². The lowest BCUT2D eigenvalue weighted by Gasteiger charge is -2.25. The third kappa shape index (κ3) is 14.4. The topological polar surface area (TPSA) is 106 Å². The molecule has 44 heavy (non-hydrogen) atoms. The molecule has 0 heterocycles. The summed E-state index contributed by atoms with van der Waals surface area (Å²) in [6, 6.07) is 26.1. The predicted octanol–water partition coefficient (Wildman–Crippen LogP) is 6.86. The van der Waals surface area contributed by atoms with Gasteiger partial charge >= 0.3 is 0 Å². The van der Waals surface area contributed by atoms with Gasteiger partial charge in [-0.15, -0.1) is 0 Å². The van der Waals surface area contributed by atoms with Gasteiger partial charge in [-0.05, 0) is 73.9 Å². The molecule has 0 aliphatic heterocycles. The maximum absolute atomic E-state index is 12.5. The molecule has 0 fully saturated rings. The number of para-hydroxylation sites is 2. The van der Waals surface area contributed by atoms with E-state index in [4.69, 9.17) is 18.6 Å². The minimum atomic E-state index is -3.41. The Morgan fingerprint density at radius 2 is 1.59 bits per heavy atom. The molecule has 242 valence electrons. The number of hydrogen-bond donors (Lipinski definition) is 3. The summed E-state index contributed by atoms with van der Waals surface area (Å²) >= 11 is 0. The van der Waals surface area contributed by atoms with Gasteiger partial charge in [0.25, 0.3) is 0 Å². The monoisotopic (exact) mass is 643 g/mol. The van der Waals surface area contributed by atoms with E-state index in [-0.39, 0.29) is 19.1 Å². The lowest BCUT2D eigenvalue weighted by molar-refractivity contribution is 0.105. The summed E-state index contributed by atoms with van der Waals surface area (Å²) < 4.78 is 36.0. The maximum atomic E-state index is 12.5. The average molecular weight is 644 g/mol. The van der Waals surface area contributed by atoms with E-state index >= 15 is 0 Å². The summed E-state index contributed by atoms with van der Waals surface area (Å²) in [7, 11) is -5.24. The van der Waals surface area contributed by atoms with Gasteiger partial charge in [-0.1, -0.05) is 74.4 Å². The zero-order chi connectivity index (χ0) is 31.7. The van der Waals surface area contributed by atoms with Crippen LogP contribution in [-0.4, -0.2) is 63.2 Å². The molecular weight excluding hydrogens is 593 g/mol. The quantitative estimate of drug-likeness (QED) is 0.0620. The van der Waals surface area contributed by atoms with Crippen molar-refractivity contribution in [3.8, 4) is 17.2 Å². The number of unbranched alkanes of at least 4 members (excludes halogenated alkanes) is 1. The Bertz CT molecular complexity index is 1260. The SMILES string of the molecule is CCCC[Si](C)(C)Oc1ccccc1OC[C@@H](O)CNCCc1ccc(OCP(=O)(O)CCCOCc2ccccc2)cc1. The van der Waals surface area contributed by atoms with Crippen LogP contribution in [0.2, 0.25) is 19.1 Å². The fourth-order valence-electron chi connectivity index (χ4n) is 4.52. The van der Waals surface area contributed by atoms with Crippen molar-refractivity contribution in [2.75, 3.05) is 38.8 Å². The largest absolute Gasteiger partial charge is 0.542 e. The fraction of sp³-hybridized carbons (Fsp3) is 0.471. The van der Waals surface area contributed by atoms with E-state index in [2.05, 4.69) is 25.3 Å². The van der Waals surface area contributed by atoms with Gasteiger partial charge in [0, 0.05) is 19.3 Å². The van der Waals surface area contributed by atoms with E-state index in [0.717, 1.165) is 42.2 Å². The van der Waals surface area contributed by atoms with Gasteiger partial charge in [0.05, 0.1) is 6.61 Å². The summed E-state index contributed by atoms with van der Waals surface area (Å²) in [4.78, 5) is 10.3. The van der Waals surface area contributed by atoms with Gasteiger partial charge in [0.1, 0.15) is 24.2 Å². The third-order valence-electron chi connectivity index (χ3n) is 7.03. The minimum absolute atomic E-state index is 0.154. The minimum Gasteiger partial charge on any atom is -0.542 e. The molecule has 3 aromatic carbocycles. The molecule has 0 aliphatic carbocycles. The fourth-order valence-corrected chi connectivity index (χ4v) is 7.70. The average Bonchev–Trinajstić information content (AvgIpc) is 3.01. The Balaban J connectivity index is 1.29. The number of ether oxygens (including phenoxy) is 3. The first-order valence-electron chi connectivity index (χ1n) is 15.6. The van der Waals surface area contributed by atoms with Gasteiger partial charge in [-0.2, -0.15) is 0 Å². The molecule has 1 unspecified atom stereocenters. The standard InChI is InChI=1S/C34H50NO7PSi/c1-4-5-24-44(2,3)42-34-15-10-9-14-33(34)40-27-31(36)25-35-21-20-29-16-18-32(19-17-29)41-28-43(37,38)23-11-22-39-26-30-12-7-6-8-13-30/h6-10,12-19,31,35-36H,4-5,11,20-28H2,1-3H3,(H,37,38)/t31-/m0/s1. The zero-order valence-corrected chi connectivity index (χ0v) is 28.3. The highest BCUT2D eigenvalue weighted by Crippen LogP contribution is 2.41. The van der Waals surface area contributed by atoms with Crippen LogP contribution in [0, 0.1) is 0 Å². The maximum Gasteiger partial charge on any atom is 0.245 e. The van der Waals surface area contributed by atoms with Crippen LogP contribution >= 0.6 is 7.37 Å². The molecule has 0 amide bonds. The Hall–Kier alpha value is -2.65. The summed E-state index contributed by atoms with van der Waals surface area (Å²) in [6.45, 7) is 8.82. The van der Waals surface area contributed by atoms with Crippen LogP contribution in [0.5, 0.6) is 17.2 Å². The molecule has 8 nitrogen and oxygen atoms in total. The van der Waals surface area contributed by atoms with E-state index in [0.29, 0.717) is 44.2 Å². The molecule has 3 N–H and O–H groups in total. The van der Waals surface area contributed by atoms with Gasteiger partial charge in [0.15, 0.2) is 12.1 Å². The number of aliphatic hydroxyl groups excluding tert-OH is 1. The Labute approximate surface area is 264 Å². The number of aliphatic hydroxyl groups is 1. The first-order valence-corrected chi connectivity index (χ1v) is 20.7. The second-order valence-electron chi connectivity index (χ2n) is 11.7. The molecule has 0 bridgehead atoms. The van der Waals surface area contributed by atoms with Crippen LogP contribution < -0.4 is 19.2 Å². The highest BCUT2D eigenvalue weighted by molar-refractivity contribution is 7.57. The van der Waals surface area contributed by atoms with Crippen molar-refractivity contribution in [2.45, 2.75) is 64.5 Å². The zero-order valence-electron chi connectivity index (χ0n) is 26.5. The third-order valence-corrected chi connectivity index (χ3v) is 10.9. The molecule has 0 aromatic heterocycles. The molecule has 0 saturated carbocycles. The summed E-state index contributed by atoms with van der Waals surface area (Å²) in [5.74, 6) is 1.97. The smallest absolute Gasteiger partial charge is 0.245 e. The molecule has 0 spiro atoms. The Morgan fingerprint density at radius 1 is 0.886 bits per heavy atom. The highest BCUT2D eigenvalue weighted by atomic mass is 31.2. The van der Waals surface area contributed by atoms with E-state index in [1.54, 1.807) is 0 Å². The molecular formula is C34H50NO7PSi. The van der Waals surface area contributed by atoms with Crippen LogP contribution in [0.3, 0.4) is 0 Å². The molecule has 0 saturated heterocycles. The van der Waals surface area contributed by atoms with E-state index in [1.807, 2.05) is 78.9 Å². The van der Waals surface area contributed by atoms with E-state index < -0.39 is 21.8 Å². The van der Waals surface area contributed by atoms with Crippen molar-refractivity contribution >= 4 is 15.7 Å². The van der Waals surface area contributed by atoms with Crippen molar-refractivity contribution in [1.82, 2.24) is 5.32 Å². The first-order chi connectivity index (χ1) is 21.2. The van der Waals surface area contributed by atoms with E-state index in [9.17, 15) is 14.6 Å². The van der Waals surface area contributed by atoms with Crippen LogP contribution in [-0.2, 0) is 22.3 Å². The number of hydrogen-bond acceptors (Lipinski definition) is 7. The van der Waals surface area contributed by atoms with Crippen molar-refractivity contribution in [1.29, 1.82) is 0 Å². The molecule has 2 atom stereocenters. The summed E-state index contributed by atoms with van der Waals surface area (Å²) in [5.41, 5.74) is 2.18. The normalized spacial score (nSPS) is 13.7. The predicted molar refractivity (Wildman–Crippen MR) is 180 cm³/mol. The van der Waals surface area contributed by atoms with Gasteiger partial charge in [0.2, 0.25) is 15.7 Å². The summed E-state index contributed by atoms with van der Waals surface area (Å²) in [6.07, 6.45) is 2.85. The summed E-state index contributed by atoms with van der Waals surface area (Å²) in [5, 5.41) is 13.7. The highest BCUT2D eigenvalue weighted by Gasteiger charge is 2.25. The Kier molecular flexibility index (Phi) is 15.5. The van der Waals surface area contributed by atoms with Crippen molar-refractivity contribution in [3.63, 3.8) is 0 Å². The molecule has 0 aliphatic rings. The lowest BCUT2D eigenvalue weighted by Crippen LogP contribution is -2.34. The molecule has 10 heteroatoms. The van der Waals surface area contributed by atoms with E-state index in [1.165, 1.54) is 0 Å². The van der Waals surface area contributed by atoms with Crippen LogP contribution in [0.1, 0.15) is 37.3 Å². The van der Waals surface area contributed by atoms with Crippen LogP contribution in [0.4, 0.5) is 0 Å². The van der Waals surface area contributed by atoms with Crippen LogP contribution in [0.25, 0.3) is 0 Å². The van der Waals surface area contributed by atoms with Crippen molar-refractivity contribution in [2.24, 2.45) is 0 Å². The number of nitrogens with one attached hydrogen (secondary N) is 1. The van der Waals surface area contributed by atoms with Gasteiger partial charge in [-0.3, -0.25) is 4.57 Å². The number of benzene rings is 3. The Morgan fingerprint density at radius 3 is 2.32 bits per heavy atom. The van der Waals surface area contributed by atoms with Crippen molar-refractivity contribution < 1.29 is 33.2 Å². The number of rotatable bonds is 22. The molecule has 0 radical (unpaired) electrons. The first kappa shape index (κ1) is 35.8. The molecule has 3 rings (SSSR count). The lowest BCUT2D eigenvalue weighted by atomic mass is 10.1. The second-order valence-corrected chi connectivity index (χ2v) is 18.3. The van der Waals surface area contributed by atoms with Crippen LogP contribution in [0.15, 0.2) is 78.9 Å². The molecule has 3 aromatic rings.